The summed E-state index contributed by atoms with van der Waals surface area (Å²) < 4.78 is 9.37. The number of benzene rings is 10. The summed E-state index contributed by atoms with van der Waals surface area (Å²) in [5.74, 6) is 0. The number of nitrogens with zero attached hydrogens (tertiary/aromatic N) is 2. The highest BCUT2D eigenvalue weighted by Crippen LogP contribution is 2.49. The summed E-state index contributed by atoms with van der Waals surface area (Å²) in [5, 5.41) is 6.95. The van der Waals surface area contributed by atoms with Crippen molar-refractivity contribution in [3.8, 4) is 39.1 Å². The number of hydrogen-bond donors (Lipinski definition) is 0. The third-order valence-electron chi connectivity index (χ3n) is 12.2. The Hall–Kier alpha value is -8.14. The number of furan rings is 1. The fourth-order valence-corrected chi connectivity index (χ4v) is 9.39. The molecule has 12 aromatic rings. The van der Waals surface area contributed by atoms with Gasteiger partial charge in [-0.15, -0.1) is 0 Å². The van der Waals surface area contributed by atoms with Crippen molar-refractivity contribution in [3.05, 3.63) is 231 Å². The van der Waals surface area contributed by atoms with Gasteiger partial charge in [0.25, 0.3) is 0 Å². The average Bonchev–Trinajstić information content (AvgIpc) is 3.89. The smallest absolute Gasteiger partial charge is 0.138 e. The van der Waals surface area contributed by atoms with Crippen molar-refractivity contribution in [2.45, 2.75) is 0 Å². The van der Waals surface area contributed by atoms with Crippen LogP contribution in [0.4, 0.5) is 17.1 Å². The summed E-state index contributed by atoms with van der Waals surface area (Å²) in [7, 11) is 0. The second-order valence-electron chi connectivity index (χ2n) is 15.7. The van der Waals surface area contributed by atoms with Crippen LogP contribution in [0.25, 0.3) is 93.6 Å². The lowest BCUT2D eigenvalue weighted by atomic mass is 9.95. The number of rotatable bonds is 7. The fourth-order valence-electron chi connectivity index (χ4n) is 9.39. The molecular formula is C58H38N2O. The number of hydrogen-bond acceptors (Lipinski definition) is 2. The van der Waals surface area contributed by atoms with Crippen LogP contribution in [0.2, 0.25) is 0 Å². The van der Waals surface area contributed by atoms with E-state index in [0.29, 0.717) is 0 Å². The van der Waals surface area contributed by atoms with E-state index in [0.717, 1.165) is 61.3 Å². The molecule has 2 heterocycles. The molecule has 0 aliphatic rings. The van der Waals surface area contributed by atoms with E-state index >= 15 is 0 Å². The normalized spacial score (nSPS) is 11.6. The molecule has 0 atom stereocenters. The van der Waals surface area contributed by atoms with Crippen molar-refractivity contribution in [1.82, 2.24) is 4.57 Å². The number of para-hydroxylation sites is 2. The van der Waals surface area contributed by atoms with E-state index in [4.69, 9.17) is 4.42 Å². The minimum absolute atomic E-state index is 0.842. The van der Waals surface area contributed by atoms with Gasteiger partial charge in [-0.3, -0.25) is 0 Å². The molecule has 0 bridgehead atoms. The first-order valence-electron chi connectivity index (χ1n) is 20.8. The van der Waals surface area contributed by atoms with Crippen molar-refractivity contribution in [2.75, 3.05) is 4.90 Å². The molecule has 2 aromatic heterocycles. The third kappa shape index (κ3) is 5.82. The van der Waals surface area contributed by atoms with Crippen LogP contribution in [0.15, 0.2) is 235 Å². The molecule has 0 saturated heterocycles. The molecule has 0 fully saturated rings. The Morgan fingerprint density at radius 1 is 0.344 bits per heavy atom. The van der Waals surface area contributed by atoms with Crippen molar-refractivity contribution >= 4 is 71.6 Å². The number of fused-ring (bicyclic) bond motifs is 8. The molecule has 3 nitrogen and oxygen atoms in total. The zero-order valence-electron chi connectivity index (χ0n) is 33.2. The van der Waals surface area contributed by atoms with Crippen LogP contribution in [0.1, 0.15) is 0 Å². The molecule has 286 valence electrons. The molecular weight excluding hydrogens is 741 g/mol. The zero-order valence-corrected chi connectivity index (χ0v) is 33.2. The molecule has 10 aromatic carbocycles. The highest BCUT2D eigenvalue weighted by atomic mass is 16.3. The molecule has 0 aliphatic heterocycles. The first kappa shape index (κ1) is 34.9. The van der Waals surface area contributed by atoms with E-state index in [1.54, 1.807) is 0 Å². The number of aromatic nitrogens is 1. The van der Waals surface area contributed by atoms with Gasteiger partial charge < -0.3 is 13.9 Å². The first-order valence-corrected chi connectivity index (χ1v) is 20.8. The van der Waals surface area contributed by atoms with Crippen molar-refractivity contribution in [1.29, 1.82) is 0 Å². The summed E-state index contributed by atoms with van der Waals surface area (Å²) in [6.07, 6.45) is 0. The maximum absolute atomic E-state index is 6.98. The fraction of sp³-hybridized carbons (Fsp3) is 0. The lowest BCUT2D eigenvalue weighted by Crippen LogP contribution is -2.10. The Balaban J connectivity index is 1.16. The van der Waals surface area contributed by atoms with E-state index in [-0.39, 0.29) is 0 Å². The average molecular weight is 779 g/mol. The highest BCUT2D eigenvalue weighted by molar-refractivity contribution is 6.24. The van der Waals surface area contributed by atoms with Crippen LogP contribution in [0.5, 0.6) is 0 Å². The lowest BCUT2D eigenvalue weighted by molar-refractivity contribution is 0.669. The van der Waals surface area contributed by atoms with Crippen molar-refractivity contribution in [2.24, 2.45) is 0 Å². The Morgan fingerprint density at radius 2 is 0.902 bits per heavy atom. The van der Waals surface area contributed by atoms with E-state index in [2.05, 4.69) is 240 Å². The van der Waals surface area contributed by atoms with Gasteiger partial charge in [0.05, 0.1) is 22.1 Å². The van der Waals surface area contributed by atoms with Gasteiger partial charge in [0.15, 0.2) is 0 Å². The minimum Gasteiger partial charge on any atom is -0.456 e. The van der Waals surface area contributed by atoms with Gasteiger partial charge in [0, 0.05) is 33.2 Å². The van der Waals surface area contributed by atoms with E-state index in [1.807, 2.05) is 0 Å². The molecule has 0 amide bonds. The summed E-state index contributed by atoms with van der Waals surface area (Å²) in [4.78, 5) is 2.42. The van der Waals surface area contributed by atoms with Gasteiger partial charge in [0.2, 0.25) is 0 Å². The van der Waals surface area contributed by atoms with Crippen LogP contribution in [0.3, 0.4) is 0 Å². The van der Waals surface area contributed by atoms with Gasteiger partial charge in [-0.25, -0.2) is 0 Å². The predicted molar refractivity (Wildman–Crippen MR) is 257 cm³/mol. The maximum atomic E-state index is 6.98. The Labute approximate surface area is 353 Å². The second kappa shape index (κ2) is 14.3. The summed E-state index contributed by atoms with van der Waals surface area (Å²) in [6, 6.07) is 82.8. The summed E-state index contributed by atoms with van der Waals surface area (Å²) >= 11 is 0. The molecule has 3 heteroatoms. The Bertz CT molecular complexity index is 3470. The Morgan fingerprint density at radius 3 is 1.57 bits per heavy atom. The first-order chi connectivity index (χ1) is 30.3. The van der Waals surface area contributed by atoms with Crippen LogP contribution in [-0.4, -0.2) is 4.57 Å². The zero-order chi connectivity index (χ0) is 40.3. The van der Waals surface area contributed by atoms with Gasteiger partial charge >= 0.3 is 0 Å². The quantitative estimate of drug-likeness (QED) is 0.161. The van der Waals surface area contributed by atoms with Crippen LogP contribution >= 0.6 is 0 Å². The van der Waals surface area contributed by atoms with Gasteiger partial charge in [-0.05, 0) is 111 Å². The monoisotopic (exact) mass is 778 g/mol. The lowest BCUT2D eigenvalue weighted by Gasteiger charge is -2.27. The standard InChI is InChI=1S/C58H38N2O/c1-4-15-39(16-5-1)41-27-32-46(33-28-41)59(47-34-29-42(30-35-47)40-17-6-2-7-18-40)53-37-44(38-55-58(53)57-48-22-11-10-19-43(48)31-36-54(57)61-55)49-24-14-26-52-56(49)50-23-12-13-25-51(50)60(52)45-20-8-3-9-21-45/h1-38H. The summed E-state index contributed by atoms with van der Waals surface area (Å²) in [5.41, 5.74) is 15.3. The maximum Gasteiger partial charge on any atom is 0.138 e. The molecule has 0 radical (unpaired) electrons. The molecule has 12 rings (SSSR count). The van der Waals surface area contributed by atoms with E-state index in [1.165, 1.54) is 49.3 Å². The van der Waals surface area contributed by atoms with E-state index < -0.39 is 0 Å². The SMILES string of the molecule is c1ccc(-c2ccc(N(c3ccc(-c4ccccc4)cc3)c3cc(-c4cccc5c4c4ccccc4n5-c4ccccc4)cc4oc5ccc6ccccc6c5c34)cc2)cc1. The minimum atomic E-state index is 0.842. The van der Waals surface area contributed by atoms with E-state index in [9.17, 15) is 0 Å². The van der Waals surface area contributed by atoms with Crippen LogP contribution < -0.4 is 4.90 Å². The molecule has 0 unspecified atom stereocenters. The van der Waals surface area contributed by atoms with Crippen molar-refractivity contribution < 1.29 is 4.42 Å². The molecule has 0 spiro atoms. The topological polar surface area (TPSA) is 21.3 Å². The molecule has 0 saturated carbocycles. The molecule has 61 heavy (non-hydrogen) atoms. The van der Waals surface area contributed by atoms with Gasteiger partial charge in [0.1, 0.15) is 11.2 Å². The van der Waals surface area contributed by atoms with Crippen LogP contribution in [0, 0.1) is 0 Å². The number of anilines is 3. The van der Waals surface area contributed by atoms with Crippen LogP contribution in [-0.2, 0) is 0 Å². The van der Waals surface area contributed by atoms with Gasteiger partial charge in [-0.2, -0.15) is 0 Å². The highest BCUT2D eigenvalue weighted by Gasteiger charge is 2.24. The van der Waals surface area contributed by atoms with Gasteiger partial charge in [-0.1, -0.05) is 164 Å². The third-order valence-corrected chi connectivity index (χ3v) is 12.2. The molecule has 0 aliphatic carbocycles. The largest absolute Gasteiger partial charge is 0.456 e. The Kier molecular flexibility index (Phi) is 8.17. The predicted octanol–water partition coefficient (Wildman–Crippen LogP) is 16.3. The summed E-state index contributed by atoms with van der Waals surface area (Å²) in [6.45, 7) is 0. The molecule has 0 N–H and O–H groups in total. The van der Waals surface area contributed by atoms with Crippen molar-refractivity contribution in [3.63, 3.8) is 0 Å². The second-order valence-corrected chi connectivity index (χ2v) is 15.7.